The van der Waals surface area contributed by atoms with Gasteiger partial charge < -0.3 is 20.7 Å². The zero-order valence-electron chi connectivity index (χ0n) is 21.8. The van der Waals surface area contributed by atoms with E-state index >= 15 is 0 Å². The van der Waals surface area contributed by atoms with Gasteiger partial charge in [-0.2, -0.15) is 5.10 Å². The van der Waals surface area contributed by atoms with Crippen LogP contribution in [0.1, 0.15) is 11.4 Å². The van der Waals surface area contributed by atoms with Crippen LogP contribution in [0.25, 0.3) is 10.9 Å². The number of hydrogen-bond acceptors (Lipinski definition) is 8. The molecule has 0 atom stereocenters. The molecule has 0 radical (unpaired) electrons. The molecule has 0 fully saturated rings. The summed E-state index contributed by atoms with van der Waals surface area (Å²) in [5, 5.41) is 7.63. The summed E-state index contributed by atoms with van der Waals surface area (Å²) in [5.41, 5.74) is 8.20. The van der Waals surface area contributed by atoms with Gasteiger partial charge in [-0.15, -0.1) is 0 Å². The van der Waals surface area contributed by atoms with E-state index in [0.29, 0.717) is 34.6 Å². The van der Waals surface area contributed by atoms with Gasteiger partial charge in [-0.3, -0.25) is 19.6 Å². The molecule has 11 nitrogen and oxygen atoms in total. The summed E-state index contributed by atoms with van der Waals surface area (Å²) in [4.78, 5) is 40.7. The molecule has 198 valence electrons. The average molecular weight is 533 g/mol. The quantitative estimate of drug-likeness (QED) is 0.180. The van der Waals surface area contributed by atoms with Gasteiger partial charge in [-0.25, -0.2) is 9.67 Å². The Kier molecular flexibility index (Phi) is 8.44. The van der Waals surface area contributed by atoms with E-state index in [2.05, 4.69) is 45.0 Å². The molecule has 0 aliphatic rings. The van der Waals surface area contributed by atoms with Crippen LogP contribution in [-0.2, 0) is 34.1 Å². The average Bonchev–Trinajstić information content (AvgIpc) is 3.33. The van der Waals surface area contributed by atoms with Crippen molar-refractivity contribution < 1.29 is 14.3 Å². The summed E-state index contributed by atoms with van der Waals surface area (Å²) in [5.74, 6) is -1.29. The van der Waals surface area contributed by atoms with E-state index in [1.807, 2.05) is 12.1 Å². The highest BCUT2D eigenvalue weighted by Crippen LogP contribution is 2.26. The van der Waals surface area contributed by atoms with Gasteiger partial charge in [-0.1, -0.05) is 31.8 Å². The lowest BCUT2D eigenvalue weighted by molar-refractivity contribution is -0.144. The van der Waals surface area contributed by atoms with E-state index in [-0.39, 0.29) is 25.6 Å². The van der Waals surface area contributed by atoms with Gasteiger partial charge in [-0.05, 0) is 30.3 Å². The zero-order chi connectivity index (χ0) is 27.1. The third kappa shape index (κ3) is 6.98. The maximum atomic E-state index is 13.4. The number of amides is 2. The van der Waals surface area contributed by atoms with Crippen molar-refractivity contribution in [2.24, 2.45) is 0 Å². The Hall–Kier alpha value is -4.16. The minimum atomic E-state index is -1.25. The van der Waals surface area contributed by atoms with Gasteiger partial charge in [0.2, 0.25) is 0 Å². The van der Waals surface area contributed by atoms with Crippen molar-refractivity contribution in [3.63, 3.8) is 0 Å². The van der Waals surface area contributed by atoms with Crippen LogP contribution in [0.4, 0.5) is 11.5 Å². The minimum absolute atomic E-state index is 0.141. The third-order valence-corrected chi connectivity index (χ3v) is 7.51. The lowest BCUT2D eigenvalue weighted by Crippen LogP contribution is -2.39. The standard InChI is InChI=1S/C26H32N8O3Si/c1-38(2,3)13-12-37-18-34-23-21(14-31-34)24(27)30-15-22(23)32-25(35)26(36)33(16-19-8-4-6-10-28-19)17-20-9-5-7-11-29-20/h4-11,14-15H,12-13,16-18H2,1-3H3,(H2,27,30)(H,32,35). The summed E-state index contributed by atoms with van der Waals surface area (Å²) < 4.78 is 7.46. The van der Waals surface area contributed by atoms with E-state index in [9.17, 15) is 9.59 Å². The Labute approximate surface area is 222 Å². The number of nitrogens with zero attached hydrogens (tertiary/aromatic N) is 6. The van der Waals surface area contributed by atoms with Crippen molar-refractivity contribution in [1.82, 2.24) is 29.6 Å². The van der Waals surface area contributed by atoms with Gasteiger partial charge >= 0.3 is 11.8 Å². The Bertz CT molecular complexity index is 1350. The van der Waals surface area contributed by atoms with Crippen molar-refractivity contribution >= 4 is 42.3 Å². The molecule has 4 rings (SSSR count). The zero-order valence-corrected chi connectivity index (χ0v) is 22.8. The number of nitrogens with one attached hydrogen (secondary N) is 1. The molecule has 4 aromatic rings. The SMILES string of the molecule is C[Si](C)(C)CCOCn1ncc2c(N)ncc(NC(=O)C(=O)N(Cc3ccccn3)Cc3ccccn3)c21. The lowest BCUT2D eigenvalue weighted by Gasteiger charge is -2.21. The first-order chi connectivity index (χ1) is 18.2. The summed E-state index contributed by atoms with van der Waals surface area (Å²) in [6.45, 7) is 7.91. The highest BCUT2D eigenvalue weighted by atomic mass is 28.3. The number of aromatic nitrogens is 5. The fourth-order valence-corrected chi connectivity index (χ4v) is 4.49. The summed E-state index contributed by atoms with van der Waals surface area (Å²) >= 11 is 0. The van der Waals surface area contributed by atoms with Crippen molar-refractivity contribution in [2.75, 3.05) is 17.7 Å². The molecule has 0 aliphatic carbocycles. The first kappa shape index (κ1) is 26.9. The van der Waals surface area contributed by atoms with Crippen LogP contribution in [0.5, 0.6) is 0 Å². The molecule has 3 N–H and O–H groups in total. The number of hydrogen-bond donors (Lipinski definition) is 2. The number of anilines is 2. The van der Waals surface area contributed by atoms with Crippen molar-refractivity contribution in [1.29, 1.82) is 0 Å². The molecular formula is C26H32N8O3Si. The number of nitrogen functional groups attached to an aromatic ring is 1. The maximum Gasteiger partial charge on any atom is 0.314 e. The Morgan fingerprint density at radius 2 is 1.66 bits per heavy atom. The molecule has 0 saturated carbocycles. The molecule has 4 aromatic heterocycles. The van der Waals surface area contributed by atoms with E-state index in [4.69, 9.17) is 10.5 Å². The molecule has 38 heavy (non-hydrogen) atoms. The normalized spacial score (nSPS) is 11.4. The number of nitrogens with two attached hydrogens (primary N) is 1. The maximum absolute atomic E-state index is 13.4. The number of ether oxygens (including phenoxy) is 1. The number of carbonyl (C=O) groups is 2. The van der Waals surface area contributed by atoms with Crippen LogP contribution in [0.2, 0.25) is 25.7 Å². The summed E-state index contributed by atoms with van der Waals surface area (Å²) in [6.07, 6.45) is 6.28. The molecular weight excluding hydrogens is 500 g/mol. The first-order valence-electron chi connectivity index (χ1n) is 12.3. The third-order valence-electron chi connectivity index (χ3n) is 5.80. The second kappa shape index (κ2) is 11.9. The van der Waals surface area contributed by atoms with Gasteiger partial charge in [0.05, 0.1) is 53.5 Å². The van der Waals surface area contributed by atoms with Gasteiger partial charge in [0.1, 0.15) is 12.5 Å². The molecule has 0 aliphatic heterocycles. The van der Waals surface area contributed by atoms with E-state index in [1.165, 1.54) is 11.1 Å². The largest absolute Gasteiger partial charge is 0.383 e. The molecule has 12 heteroatoms. The molecule has 2 amide bonds. The fourth-order valence-electron chi connectivity index (χ4n) is 3.73. The van der Waals surface area contributed by atoms with E-state index in [1.54, 1.807) is 47.5 Å². The predicted molar refractivity (Wildman–Crippen MR) is 147 cm³/mol. The molecule has 0 saturated heterocycles. The summed E-state index contributed by atoms with van der Waals surface area (Å²) in [6, 6.07) is 11.8. The van der Waals surface area contributed by atoms with Crippen molar-refractivity contribution in [3.05, 3.63) is 72.6 Å². The molecule has 0 aromatic carbocycles. The Morgan fingerprint density at radius 3 is 2.24 bits per heavy atom. The summed E-state index contributed by atoms with van der Waals surface area (Å²) in [7, 11) is -1.25. The Balaban J connectivity index is 1.54. The van der Waals surface area contributed by atoms with Crippen LogP contribution >= 0.6 is 0 Å². The van der Waals surface area contributed by atoms with Crippen LogP contribution in [0.15, 0.2) is 61.2 Å². The molecule has 0 spiro atoms. The first-order valence-corrected chi connectivity index (χ1v) is 16.0. The highest BCUT2D eigenvalue weighted by molar-refractivity contribution is 6.76. The molecule has 4 heterocycles. The van der Waals surface area contributed by atoms with Crippen molar-refractivity contribution in [2.45, 2.75) is 45.5 Å². The van der Waals surface area contributed by atoms with E-state index in [0.717, 1.165) is 6.04 Å². The number of rotatable bonds is 10. The van der Waals surface area contributed by atoms with Crippen LogP contribution in [0, 0.1) is 0 Å². The van der Waals surface area contributed by atoms with Crippen LogP contribution in [0.3, 0.4) is 0 Å². The van der Waals surface area contributed by atoms with Crippen molar-refractivity contribution in [3.8, 4) is 0 Å². The second-order valence-electron chi connectivity index (χ2n) is 10.1. The monoisotopic (exact) mass is 532 g/mol. The van der Waals surface area contributed by atoms with Crippen LogP contribution < -0.4 is 11.1 Å². The topological polar surface area (TPSA) is 141 Å². The number of fused-ring (bicyclic) bond motifs is 1. The van der Waals surface area contributed by atoms with E-state index < -0.39 is 19.9 Å². The number of carbonyl (C=O) groups excluding carboxylic acids is 2. The Morgan fingerprint density at radius 1 is 1.00 bits per heavy atom. The van der Waals surface area contributed by atoms with Gasteiger partial charge in [0.25, 0.3) is 0 Å². The lowest BCUT2D eigenvalue weighted by atomic mass is 10.2. The smallest absolute Gasteiger partial charge is 0.314 e. The number of pyridine rings is 3. The van der Waals surface area contributed by atoms with Gasteiger partial charge in [0, 0.05) is 27.1 Å². The second-order valence-corrected chi connectivity index (χ2v) is 15.7. The predicted octanol–water partition coefficient (Wildman–Crippen LogP) is 3.28. The molecule has 0 bridgehead atoms. The minimum Gasteiger partial charge on any atom is -0.383 e. The molecule has 0 unspecified atom stereocenters. The van der Waals surface area contributed by atoms with Crippen LogP contribution in [-0.4, -0.2) is 56.1 Å². The fraction of sp³-hybridized carbons (Fsp3) is 0.308. The van der Waals surface area contributed by atoms with Gasteiger partial charge in [0.15, 0.2) is 0 Å². The highest BCUT2D eigenvalue weighted by Gasteiger charge is 2.25.